The van der Waals surface area contributed by atoms with Gasteiger partial charge in [0.05, 0.1) is 5.56 Å². The van der Waals surface area contributed by atoms with Crippen molar-refractivity contribution in [3.05, 3.63) is 71.2 Å². The zero-order valence-corrected chi connectivity index (χ0v) is 17.0. The summed E-state index contributed by atoms with van der Waals surface area (Å²) in [6.07, 6.45) is -1.75. The number of nitrogens with one attached hydrogen (secondary N) is 1. The van der Waals surface area contributed by atoms with Gasteiger partial charge in [0.2, 0.25) is 5.88 Å². The van der Waals surface area contributed by atoms with Gasteiger partial charge in [0.25, 0.3) is 5.91 Å². The van der Waals surface area contributed by atoms with Crippen LogP contribution in [0.15, 0.2) is 54.2 Å². The smallest absolute Gasteiger partial charge is 0.412 e. The number of amides is 1. The largest absolute Gasteiger partial charge is 0.473 e. The third-order valence-electron chi connectivity index (χ3n) is 4.84. The van der Waals surface area contributed by atoms with Crippen LogP contribution < -0.4 is 10.1 Å². The van der Waals surface area contributed by atoms with Crippen LogP contribution in [0.3, 0.4) is 0 Å². The molecule has 0 unspecified atom stereocenters. The summed E-state index contributed by atoms with van der Waals surface area (Å²) in [5.41, 5.74) is 0.501. The standard InChI is InChI=1S/C22H23F4N3O2/c1-15(13-29-9-7-18(8-10-29)22(24,25)26)28-21(30)17-5-6-20(27-12-17)31-14-16-3-2-4-19(23)11-16/h2-7,11-12,15H,8-10,13-14H2,1H3,(H,28,30)/t15-/m1/s1. The summed E-state index contributed by atoms with van der Waals surface area (Å²) >= 11 is 0. The first-order valence-corrected chi connectivity index (χ1v) is 9.83. The Morgan fingerprint density at radius 1 is 1.29 bits per heavy atom. The molecule has 2 aromatic rings. The highest BCUT2D eigenvalue weighted by Crippen LogP contribution is 2.30. The van der Waals surface area contributed by atoms with Crippen LogP contribution >= 0.6 is 0 Å². The van der Waals surface area contributed by atoms with E-state index in [1.54, 1.807) is 31.2 Å². The van der Waals surface area contributed by atoms with Crippen LogP contribution in [0.4, 0.5) is 17.6 Å². The quantitative estimate of drug-likeness (QED) is 0.523. The minimum Gasteiger partial charge on any atom is -0.473 e. The number of nitrogens with zero attached hydrogens (tertiary/aromatic N) is 2. The number of benzene rings is 1. The highest BCUT2D eigenvalue weighted by atomic mass is 19.4. The molecule has 0 bridgehead atoms. The Hall–Kier alpha value is -2.94. The fraction of sp³-hybridized carbons (Fsp3) is 0.364. The maximum Gasteiger partial charge on any atom is 0.412 e. The topological polar surface area (TPSA) is 54.5 Å². The van der Waals surface area contributed by atoms with E-state index in [0.29, 0.717) is 30.1 Å². The highest BCUT2D eigenvalue weighted by molar-refractivity contribution is 5.94. The van der Waals surface area contributed by atoms with E-state index in [2.05, 4.69) is 10.3 Å². The lowest BCUT2D eigenvalue weighted by Gasteiger charge is -2.29. The molecule has 0 aliphatic carbocycles. The van der Waals surface area contributed by atoms with Gasteiger partial charge in [0, 0.05) is 43.5 Å². The van der Waals surface area contributed by atoms with Crippen molar-refractivity contribution in [2.45, 2.75) is 32.2 Å². The average Bonchev–Trinajstić information content (AvgIpc) is 2.72. The molecule has 1 aromatic carbocycles. The summed E-state index contributed by atoms with van der Waals surface area (Å²) in [5.74, 6) is -0.383. The predicted octanol–water partition coefficient (Wildman–Crippen LogP) is 4.11. The van der Waals surface area contributed by atoms with Crippen LogP contribution in [-0.4, -0.2) is 47.6 Å². The highest BCUT2D eigenvalue weighted by Gasteiger charge is 2.34. The molecule has 1 amide bonds. The molecule has 0 saturated heterocycles. The van der Waals surface area contributed by atoms with Gasteiger partial charge in [-0.05, 0) is 37.1 Å². The van der Waals surface area contributed by atoms with Gasteiger partial charge in [-0.15, -0.1) is 0 Å². The molecule has 3 rings (SSSR count). The van der Waals surface area contributed by atoms with E-state index in [1.165, 1.54) is 24.4 Å². The summed E-state index contributed by atoms with van der Waals surface area (Å²) < 4.78 is 56.8. The van der Waals surface area contributed by atoms with Crippen molar-refractivity contribution in [1.82, 2.24) is 15.2 Å². The molecule has 1 N–H and O–H groups in total. The molecule has 0 saturated carbocycles. The zero-order valence-electron chi connectivity index (χ0n) is 17.0. The molecule has 9 heteroatoms. The number of carbonyl (C=O) groups excluding carboxylic acids is 1. The second-order valence-corrected chi connectivity index (χ2v) is 7.41. The Kier molecular flexibility index (Phi) is 7.27. The summed E-state index contributed by atoms with van der Waals surface area (Å²) in [4.78, 5) is 18.3. The van der Waals surface area contributed by atoms with Crippen molar-refractivity contribution >= 4 is 5.91 Å². The zero-order chi connectivity index (χ0) is 22.4. The van der Waals surface area contributed by atoms with Gasteiger partial charge in [0.15, 0.2) is 0 Å². The molecule has 1 aliphatic heterocycles. The van der Waals surface area contributed by atoms with E-state index in [0.717, 1.165) is 0 Å². The molecular weight excluding hydrogens is 414 g/mol. The monoisotopic (exact) mass is 437 g/mol. The molecule has 1 aromatic heterocycles. The molecule has 166 valence electrons. The number of hydrogen-bond donors (Lipinski definition) is 1. The van der Waals surface area contributed by atoms with Crippen LogP contribution in [0, 0.1) is 5.82 Å². The molecule has 0 fully saturated rings. The van der Waals surface area contributed by atoms with Crippen molar-refractivity contribution in [3.8, 4) is 5.88 Å². The molecule has 0 spiro atoms. The molecule has 0 radical (unpaired) electrons. The predicted molar refractivity (Wildman–Crippen MR) is 107 cm³/mol. The first kappa shape index (κ1) is 22.7. The van der Waals surface area contributed by atoms with Gasteiger partial charge in [-0.25, -0.2) is 9.37 Å². The van der Waals surface area contributed by atoms with Gasteiger partial charge in [-0.1, -0.05) is 18.2 Å². The molecule has 1 atom stereocenters. The fourth-order valence-corrected chi connectivity index (χ4v) is 3.26. The van der Waals surface area contributed by atoms with Crippen LogP contribution in [0.2, 0.25) is 0 Å². The summed E-state index contributed by atoms with van der Waals surface area (Å²) in [6, 6.07) is 8.89. The summed E-state index contributed by atoms with van der Waals surface area (Å²) in [6.45, 7) is 2.88. The van der Waals surface area contributed by atoms with Gasteiger partial charge < -0.3 is 10.1 Å². The van der Waals surface area contributed by atoms with Crippen molar-refractivity contribution in [2.24, 2.45) is 0 Å². The lowest BCUT2D eigenvalue weighted by Crippen LogP contribution is -2.43. The van der Waals surface area contributed by atoms with Crippen LogP contribution in [0.25, 0.3) is 0 Å². The third-order valence-corrected chi connectivity index (χ3v) is 4.84. The molecular formula is C22H23F4N3O2. The van der Waals surface area contributed by atoms with Gasteiger partial charge in [-0.2, -0.15) is 13.2 Å². The summed E-state index contributed by atoms with van der Waals surface area (Å²) in [5, 5.41) is 2.82. The van der Waals surface area contributed by atoms with Gasteiger partial charge in [0.1, 0.15) is 12.4 Å². The van der Waals surface area contributed by atoms with Crippen molar-refractivity contribution < 1.29 is 27.1 Å². The van der Waals surface area contributed by atoms with Crippen LogP contribution in [-0.2, 0) is 6.61 Å². The average molecular weight is 437 g/mol. The second kappa shape index (κ2) is 9.91. The van der Waals surface area contributed by atoms with E-state index < -0.39 is 11.7 Å². The number of rotatable bonds is 7. The Labute approximate surface area is 177 Å². The van der Waals surface area contributed by atoms with Crippen LogP contribution in [0.1, 0.15) is 29.3 Å². The number of carbonyl (C=O) groups is 1. The van der Waals surface area contributed by atoms with Crippen LogP contribution in [0.5, 0.6) is 5.88 Å². The normalized spacial score (nSPS) is 15.8. The van der Waals surface area contributed by atoms with E-state index in [-0.39, 0.29) is 37.3 Å². The lowest BCUT2D eigenvalue weighted by molar-refractivity contribution is -0.0960. The second-order valence-electron chi connectivity index (χ2n) is 7.41. The van der Waals surface area contributed by atoms with Crippen molar-refractivity contribution in [2.75, 3.05) is 19.6 Å². The molecule has 1 aliphatic rings. The molecule has 2 heterocycles. The number of halogens is 4. The number of hydrogen-bond acceptors (Lipinski definition) is 4. The summed E-state index contributed by atoms with van der Waals surface area (Å²) in [7, 11) is 0. The van der Waals surface area contributed by atoms with Gasteiger partial charge in [-0.3, -0.25) is 9.69 Å². The Morgan fingerprint density at radius 2 is 2.10 bits per heavy atom. The SMILES string of the molecule is C[C@H](CN1CC=C(C(F)(F)F)CC1)NC(=O)c1ccc(OCc2cccc(F)c2)nc1. The van der Waals surface area contributed by atoms with E-state index in [9.17, 15) is 22.4 Å². The Bertz CT molecular complexity index is 929. The number of pyridine rings is 1. The Morgan fingerprint density at radius 3 is 2.71 bits per heavy atom. The number of ether oxygens (including phenoxy) is 1. The number of aromatic nitrogens is 1. The third kappa shape index (κ3) is 6.78. The molecule has 5 nitrogen and oxygen atoms in total. The van der Waals surface area contributed by atoms with E-state index in [4.69, 9.17) is 4.74 Å². The Balaban J connectivity index is 1.46. The minimum absolute atomic E-state index is 0.0504. The van der Waals surface area contributed by atoms with E-state index in [1.807, 2.05) is 4.90 Å². The first-order valence-electron chi connectivity index (χ1n) is 9.83. The maximum atomic E-state index is 13.2. The number of alkyl halides is 3. The van der Waals surface area contributed by atoms with E-state index >= 15 is 0 Å². The lowest BCUT2D eigenvalue weighted by atomic mass is 10.1. The van der Waals surface area contributed by atoms with Crippen molar-refractivity contribution in [1.29, 1.82) is 0 Å². The first-order chi connectivity index (χ1) is 14.7. The minimum atomic E-state index is -4.27. The van der Waals surface area contributed by atoms with Crippen molar-refractivity contribution in [3.63, 3.8) is 0 Å². The van der Waals surface area contributed by atoms with Gasteiger partial charge >= 0.3 is 6.18 Å². The molecule has 31 heavy (non-hydrogen) atoms. The fourth-order valence-electron chi connectivity index (χ4n) is 3.26. The maximum absolute atomic E-state index is 13.2.